The summed E-state index contributed by atoms with van der Waals surface area (Å²) in [5, 5.41) is 0. The van der Waals surface area contributed by atoms with Gasteiger partial charge in [-0.05, 0) is 76.7 Å². The molecule has 3 saturated carbocycles. The van der Waals surface area contributed by atoms with E-state index in [4.69, 9.17) is 18.9 Å². The third kappa shape index (κ3) is 3.36. The molecule has 0 amide bonds. The lowest BCUT2D eigenvalue weighted by molar-refractivity contribution is -0.407. The molecule has 6 heteroatoms. The van der Waals surface area contributed by atoms with Crippen LogP contribution in [0.2, 0.25) is 0 Å². The zero-order valence-electron chi connectivity index (χ0n) is 22.7. The second-order valence-electron chi connectivity index (χ2n) is 12.5. The van der Waals surface area contributed by atoms with E-state index >= 15 is 0 Å². The first-order valence-corrected chi connectivity index (χ1v) is 13.7. The van der Waals surface area contributed by atoms with Gasteiger partial charge in [0.05, 0.1) is 24.9 Å². The fraction of sp³-hybridized carbons (Fsp3) is 0.733. The van der Waals surface area contributed by atoms with E-state index in [1.54, 1.807) is 13.8 Å². The highest BCUT2D eigenvalue weighted by Crippen LogP contribution is 2.75. The first-order chi connectivity index (χ1) is 17.0. The van der Waals surface area contributed by atoms with Crippen LogP contribution in [0.3, 0.4) is 0 Å². The Balaban J connectivity index is 1.59. The lowest BCUT2D eigenvalue weighted by Crippen LogP contribution is -2.67. The Morgan fingerprint density at radius 3 is 2.22 bits per heavy atom. The van der Waals surface area contributed by atoms with Crippen molar-refractivity contribution in [3.63, 3.8) is 0 Å². The summed E-state index contributed by atoms with van der Waals surface area (Å²) in [6.45, 7) is 13.1. The van der Waals surface area contributed by atoms with Gasteiger partial charge in [0, 0.05) is 17.8 Å². The molecule has 4 fully saturated rings. The molecule has 1 saturated heterocycles. The van der Waals surface area contributed by atoms with Crippen molar-refractivity contribution in [3.8, 4) is 0 Å². The molecule has 4 aliphatic rings. The molecule has 36 heavy (non-hydrogen) atoms. The molecule has 0 unspecified atom stereocenters. The lowest BCUT2D eigenvalue weighted by Gasteiger charge is -2.61. The van der Waals surface area contributed by atoms with Crippen LogP contribution >= 0.6 is 0 Å². The minimum Gasteiger partial charge on any atom is -0.465 e. The molecule has 1 aliphatic heterocycles. The predicted molar refractivity (Wildman–Crippen MR) is 135 cm³/mol. The number of carbonyl (C=O) groups excluding carboxylic acids is 2. The Morgan fingerprint density at radius 1 is 1.00 bits per heavy atom. The first kappa shape index (κ1) is 25.7. The van der Waals surface area contributed by atoms with Crippen LogP contribution in [-0.2, 0) is 35.0 Å². The molecular weight excluding hydrogens is 456 g/mol. The highest BCUT2D eigenvalue weighted by atomic mass is 16.7. The van der Waals surface area contributed by atoms with Crippen LogP contribution in [0, 0.1) is 28.1 Å². The summed E-state index contributed by atoms with van der Waals surface area (Å²) < 4.78 is 25.3. The second kappa shape index (κ2) is 8.56. The topological polar surface area (TPSA) is 71.1 Å². The average molecular weight is 499 g/mol. The molecule has 1 heterocycles. The monoisotopic (exact) mass is 498 g/mol. The molecule has 5 rings (SSSR count). The number of ether oxygens (including phenoxy) is 4. The molecule has 0 N–H and O–H groups in total. The molecule has 198 valence electrons. The van der Waals surface area contributed by atoms with E-state index in [2.05, 4.69) is 39.8 Å². The van der Waals surface area contributed by atoms with Gasteiger partial charge < -0.3 is 18.9 Å². The highest BCUT2D eigenvalue weighted by molar-refractivity contribution is 6.00. The minimum absolute atomic E-state index is 0.0217. The third-order valence-electron chi connectivity index (χ3n) is 10.4. The predicted octanol–water partition coefficient (Wildman–Crippen LogP) is 5.47. The van der Waals surface area contributed by atoms with Crippen molar-refractivity contribution in [1.29, 1.82) is 0 Å². The summed E-state index contributed by atoms with van der Waals surface area (Å²) in [6.07, 6.45) is 4.32. The summed E-state index contributed by atoms with van der Waals surface area (Å²) >= 11 is 0. The van der Waals surface area contributed by atoms with Crippen molar-refractivity contribution >= 4 is 11.9 Å². The number of benzene rings is 1. The third-order valence-corrected chi connectivity index (χ3v) is 10.4. The average Bonchev–Trinajstić information content (AvgIpc) is 3.35. The van der Waals surface area contributed by atoms with Gasteiger partial charge in [-0.1, -0.05) is 44.2 Å². The Hall–Kier alpha value is -1.92. The molecule has 5 atom stereocenters. The smallest absolute Gasteiger partial charge is 0.323 e. The van der Waals surface area contributed by atoms with Crippen LogP contribution < -0.4 is 0 Å². The molecule has 1 aromatic carbocycles. The van der Waals surface area contributed by atoms with Crippen molar-refractivity contribution in [2.45, 2.75) is 97.6 Å². The Kier molecular flexibility index (Phi) is 6.11. The van der Waals surface area contributed by atoms with Gasteiger partial charge in [0.25, 0.3) is 0 Å². The number of esters is 2. The van der Waals surface area contributed by atoms with E-state index in [1.807, 2.05) is 18.2 Å². The Morgan fingerprint density at radius 2 is 1.64 bits per heavy atom. The van der Waals surface area contributed by atoms with Crippen LogP contribution in [0.5, 0.6) is 0 Å². The zero-order valence-corrected chi connectivity index (χ0v) is 22.7. The van der Waals surface area contributed by atoms with Gasteiger partial charge in [-0.15, -0.1) is 0 Å². The van der Waals surface area contributed by atoms with Gasteiger partial charge in [-0.3, -0.25) is 9.59 Å². The minimum atomic E-state index is -1.45. The van der Waals surface area contributed by atoms with E-state index in [9.17, 15) is 9.59 Å². The van der Waals surface area contributed by atoms with Gasteiger partial charge in [0.2, 0.25) is 0 Å². The van der Waals surface area contributed by atoms with E-state index in [1.165, 1.54) is 6.42 Å². The van der Waals surface area contributed by atoms with E-state index in [-0.39, 0.29) is 48.9 Å². The van der Waals surface area contributed by atoms with Crippen molar-refractivity contribution in [3.05, 3.63) is 35.9 Å². The summed E-state index contributed by atoms with van der Waals surface area (Å²) in [4.78, 5) is 27.0. The first-order valence-electron chi connectivity index (χ1n) is 13.7. The molecule has 2 spiro atoms. The van der Waals surface area contributed by atoms with E-state index in [0.717, 1.165) is 18.4 Å². The number of hydrogen-bond donors (Lipinski definition) is 0. The standard InChI is InChI=1S/C30H42O6/c1-7-33-24(31)28(25(32)34-8-2)18-22(16-20-12-10-9-11-13-20)30(19-28)35-23-17-21-14-15-29(23,26(21,3)4)27(5,6)36-30/h9-13,21-23H,7-8,14-19H2,1-6H3/t21-,22+,23-,29-,30+/m0/s1. The largest absolute Gasteiger partial charge is 0.465 e. The van der Waals surface area contributed by atoms with E-state index < -0.39 is 28.7 Å². The van der Waals surface area contributed by atoms with Crippen molar-refractivity contribution in [1.82, 2.24) is 0 Å². The zero-order chi connectivity index (χ0) is 26.0. The molecule has 1 aromatic rings. The maximum absolute atomic E-state index is 13.5. The SMILES string of the molecule is CCOC(=O)C1(C(=O)OCC)C[C@@H](Cc2ccccc2)[C@]2(C1)O[C@H]1C[C@@H]3CC[C@@]1(C(C)(C)O2)C3(C)C. The van der Waals surface area contributed by atoms with Crippen LogP contribution in [0.25, 0.3) is 0 Å². The van der Waals surface area contributed by atoms with Gasteiger partial charge >= 0.3 is 11.9 Å². The maximum atomic E-state index is 13.5. The molecule has 2 bridgehead atoms. The highest BCUT2D eigenvalue weighted by Gasteiger charge is 2.77. The van der Waals surface area contributed by atoms with Gasteiger partial charge in [0.15, 0.2) is 11.2 Å². The lowest BCUT2D eigenvalue weighted by atomic mass is 9.58. The molecular formula is C30H42O6. The number of hydrogen-bond acceptors (Lipinski definition) is 6. The summed E-state index contributed by atoms with van der Waals surface area (Å²) in [6, 6.07) is 10.2. The van der Waals surface area contributed by atoms with Crippen molar-refractivity contribution < 1.29 is 28.5 Å². The summed E-state index contributed by atoms with van der Waals surface area (Å²) in [5.74, 6) is -1.76. The van der Waals surface area contributed by atoms with Crippen molar-refractivity contribution in [2.24, 2.45) is 28.1 Å². The molecule has 3 aliphatic carbocycles. The van der Waals surface area contributed by atoms with Crippen LogP contribution in [0.1, 0.15) is 79.2 Å². The number of carbonyl (C=O) groups is 2. The molecule has 6 nitrogen and oxygen atoms in total. The molecule has 0 aromatic heterocycles. The normalized spacial score (nSPS) is 37.0. The van der Waals surface area contributed by atoms with Gasteiger partial charge in [-0.2, -0.15) is 0 Å². The second-order valence-corrected chi connectivity index (χ2v) is 12.5. The van der Waals surface area contributed by atoms with Crippen LogP contribution in [0.15, 0.2) is 30.3 Å². The number of rotatable bonds is 6. The Labute approximate surface area is 215 Å². The van der Waals surface area contributed by atoms with Crippen molar-refractivity contribution in [2.75, 3.05) is 13.2 Å². The van der Waals surface area contributed by atoms with Gasteiger partial charge in [0.1, 0.15) is 0 Å². The molecule has 0 radical (unpaired) electrons. The fourth-order valence-electron chi connectivity index (χ4n) is 8.83. The maximum Gasteiger partial charge on any atom is 0.323 e. The van der Waals surface area contributed by atoms with Gasteiger partial charge in [-0.25, -0.2) is 0 Å². The summed E-state index contributed by atoms with van der Waals surface area (Å²) in [7, 11) is 0. The fourth-order valence-corrected chi connectivity index (χ4v) is 8.83. The quantitative estimate of drug-likeness (QED) is 0.383. The number of fused-ring (bicyclic) bond motifs is 1. The van der Waals surface area contributed by atoms with Crippen LogP contribution in [0.4, 0.5) is 0 Å². The summed E-state index contributed by atoms with van der Waals surface area (Å²) in [5.41, 5.74) is -0.816. The van der Waals surface area contributed by atoms with Crippen LogP contribution in [-0.4, -0.2) is 42.6 Å². The van der Waals surface area contributed by atoms with E-state index in [0.29, 0.717) is 12.3 Å². The Bertz CT molecular complexity index is 998.